The maximum Gasteiger partial charge on any atom is 0.289 e. The number of methoxy groups -OCH3 is 3. The van der Waals surface area contributed by atoms with E-state index >= 15 is 0 Å². The molecular formula is C23H24ClN3O7S2. The van der Waals surface area contributed by atoms with Crippen LogP contribution in [-0.2, 0) is 9.84 Å². The Morgan fingerprint density at radius 3 is 2.28 bits per heavy atom. The molecule has 0 N–H and O–H groups in total. The van der Waals surface area contributed by atoms with Gasteiger partial charge in [-0.1, -0.05) is 11.6 Å². The summed E-state index contributed by atoms with van der Waals surface area (Å²) >= 11 is 7.30. The van der Waals surface area contributed by atoms with Crippen LogP contribution in [0.25, 0.3) is 11.3 Å². The number of nitrogens with zero attached hydrogens (tertiary/aromatic N) is 3. The molecule has 13 heteroatoms. The number of ether oxygens (including phenoxy) is 3. The van der Waals surface area contributed by atoms with E-state index < -0.39 is 25.7 Å². The fourth-order valence-corrected chi connectivity index (χ4v) is 6.96. The molecule has 36 heavy (non-hydrogen) atoms. The molecule has 3 aromatic rings. The summed E-state index contributed by atoms with van der Waals surface area (Å²) in [4.78, 5) is 17.2. The topological polar surface area (TPSA) is 121 Å². The van der Waals surface area contributed by atoms with Crippen LogP contribution < -0.4 is 19.1 Å². The number of benzene rings is 2. The van der Waals surface area contributed by atoms with Gasteiger partial charge in [0.05, 0.1) is 42.1 Å². The molecule has 2 aromatic carbocycles. The number of sulfone groups is 1. The molecule has 0 spiro atoms. The van der Waals surface area contributed by atoms with Crippen LogP contribution in [0, 0.1) is 10.1 Å². The number of halogens is 1. The number of nitro groups is 1. The third-order valence-corrected chi connectivity index (χ3v) is 9.53. The van der Waals surface area contributed by atoms with E-state index in [9.17, 15) is 18.5 Å². The lowest BCUT2D eigenvalue weighted by Gasteiger charge is -2.31. The third kappa shape index (κ3) is 4.93. The molecule has 1 fully saturated rings. The smallest absolute Gasteiger partial charge is 0.289 e. The number of aromatic nitrogens is 1. The van der Waals surface area contributed by atoms with Gasteiger partial charge < -0.3 is 19.1 Å². The van der Waals surface area contributed by atoms with E-state index in [-0.39, 0.29) is 9.92 Å². The highest BCUT2D eigenvalue weighted by atomic mass is 35.5. The highest BCUT2D eigenvalue weighted by Crippen LogP contribution is 2.42. The van der Waals surface area contributed by atoms with Crippen molar-refractivity contribution in [3.05, 3.63) is 50.8 Å². The summed E-state index contributed by atoms with van der Waals surface area (Å²) in [5.41, 5.74) is 1.11. The second-order valence-electron chi connectivity index (χ2n) is 8.03. The summed E-state index contributed by atoms with van der Waals surface area (Å²) in [6.45, 7) is 0.976. The summed E-state index contributed by atoms with van der Waals surface area (Å²) in [6, 6.07) is 7.26. The van der Waals surface area contributed by atoms with Crippen molar-refractivity contribution in [2.24, 2.45) is 0 Å². The Labute approximate surface area is 217 Å². The van der Waals surface area contributed by atoms with Gasteiger partial charge in [0.15, 0.2) is 26.5 Å². The van der Waals surface area contributed by atoms with Gasteiger partial charge in [-0.15, -0.1) is 11.3 Å². The van der Waals surface area contributed by atoms with Gasteiger partial charge in [0.2, 0.25) is 5.75 Å². The molecule has 2 heterocycles. The molecule has 192 valence electrons. The zero-order chi connectivity index (χ0) is 26.0. The van der Waals surface area contributed by atoms with E-state index in [0.717, 1.165) is 22.5 Å². The van der Waals surface area contributed by atoms with Crippen molar-refractivity contribution in [2.75, 3.05) is 39.3 Å². The van der Waals surface area contributed by atoms with Crippen LogP contribution >= 0.6 is 22.9 Å². The first-order valence-corrected chi connectivity index (χ1v) is 13.7. The molecule has 0 amide bonds. The second kappa shape index (κ2) is 10.5. The summed E-state index contributed by atoms with van der Waals surface area (Å²) < 4.78 is 42.5. The molecule has 10 nitrogen and oxygen atoms in total. The van der Waals surface area contributed by atoms with Crippen LogP contribution in [-0.4, -0.2) is 58.0 Å². The van der Waals surface area contributed by atoms with Crippen LogP contribution in [0.1, 0.15) is 12.8 Å². The highest BCUT2D eigenvalue weighted by molar-refractivity contribution is 7.92. The summed E-state index contributed by atoms with van der Waals surface area (Å²) in [6.07, 6.45) is 0.746. The average molecular weight is 554 g/mol. The summed E-state index contributed by atoms with van der Waals surface area (Å²) in [5.74, 6) is 1.54. The molecule has 0 atom stereocenters. The van der Waals surface area contributed by atoms with Crippen LogP contribution in [0.3, 0.4) is 0 Å². The van der Waals surface area contributed by atoms with Crippen LogP contribution in [0.2, 0.25) is 5.02 Å². The van der Waals surface area contributed by atoms with E-state index in [1.54, 1.807) is 21.3 Å². The first kappa shape index (κ1) is 26.0. The first-order valence-electron chi connectivity index (χ1n) is 10.9. The Morgan fingerprint density at radius 1 is 1.08 bits per heavy atom. The van der Waals surface area contributed by atoms with E-state index in [4.69, 9.17) is 30.8 Å². The normalized spacial score (nSPS) is 14.5. The quantitative estimate of drug-likeness (QED) is 0.285. The summed E-state index contributed by atoms with van der Waals surface area (Å²) in [5, 5.41) is 13.1. The fourth-order valence-electron chi connectivity index (χ4n) is 4.13. The molecule has 1 aliphatic heterocycles. The van der Waals surface area contributed by atoms with E-state index in [0.29, 0.717) is 43.2 Å². The van der Waals surface area contributed by atoms with Gasteiger partial charge in [-0.2, -0.15) is 0 Å². The third-order valence-electron chi connectivity index (χ3n) is 6.05. The standard InChI is InChI=1S/C23H24ClN3O7S2/c1-32-20-10-14(11-21(33-2)22(20)34-3)18-13-35-23(25-18)26-8-6-15(7-9-26)36(30,31)16-4-5-17(24)19(12-16)27(28)29/h4-5,10-13,15H,6-9H2,1-3H3. The number of hydrogen-bond acceptors (Lipinski definition) is 10. The minimum Gasteiger partial charge on any atom is -0.493 e. The predicted octanol–water partition coefficient (Wildman–Crippen LogP) is 4.84. The van der Waals surface area contributed by atoms with Gasteiger partial charge in [-0.3, -0.25) is 10.1 Å². The maximum atomic E-state index is 13.1. The molecule has 1 saturated heterocycles. The van der Waals surface area contributed by atoms with Gasteiger partial charge in [-0.25, -0.2) is 13.4 Å². The van der Waals surface area contributed by atoms with Gasteiger partial charge in [0, 0.05) is 30.1 Å². The minimum absolute atomic E-state index is 0.0871. The van der Waals surface area contributed by atoms with E-state index in [2.05, 4.69) is 0 Å². The lowest BCUT2D eigenvalue weighted by atomic mass is 10.1. The van der Waals surface area contributed by atoms with Crippen molar-refractivity contribution in [3.63, 3.8) is 0 Å². The largest absolute Gasteiger partial charge is 0.493 e. The maximum absolute atomic E-state index is 13.1. The molecule has 4 rings (SSSR count). The van der Waals surface area contributed by atoms with Crippen LogP contribution in [0.15, 0.2) is 40.6 Å². The summed E-state index contributed by atoms with van der Waals surface area (Å²) in [7, 11) is 0.893. The molecule has 0 bridgehead atoms. The Hall–Kier alpha value is -3.09. The van der Waals surface area contributed by atoms with Crippen LogP contribution in [0.5, 0.6) is 17.2 Å². The number of piperidine rings is 1. The molecule has 0 aliphatic carbocycles. The molecule has 0 saturated carbocycles. The number of anilines is 1. The number of rotatable bonds is 8. The number of thiazole rings is 1. The number of hydrogen-bond donors (Lipinski definition) is 0. The molecular weight excluding hydrogens is 530 g/mol. The van der Waals surface area contributed by atoms with Crippen molar-refractivity contribution < 1.29 is 27.6 Å². The second-order valence-corrected chi connectivity index (χ2v) is 11.5. The molecule has 0 unspecified atom stereocenters. The van der Waals surface area contributed by atoms with E-state index in [1.807, 2.05) is 22.4 Å². The fraction of sp³-hybridized carbons (Fsp3) is 0.348. The van der Waals surface area contributed by atoms with Gasteiger partial charge in [-0.05, 0) is 37.1 Å². The molecule has 0 radical (unpaired) electrons. The zero-order valence-electron chi connectivity index (χ0n) is 19.8. The average Bonchev–Trinajstić information content (AvgIpc) is 3.38. The zero-order valence-corrected chi connectivity index (χ0v) is 22.2. The van der Waals surface area contributed by atoms with Crippen molar-refractivity contribution in [1.29, 1.82) is 0 Å². The monoisotopic (exact) mass is 553 g/mol. The SMILES string of the molecule is COc1cc(-c2csc(N3CCC(S(=O)(=O)c4ccc(Cl)c([N+](=O)[O-])c4)CC3)n2)cc(OC)c1OC. The first-order chi connectivity index (χ1) is 17.2. The highest BCUT2D eigenvalue weighted by Gasteiger charge is 2.33. The molecule has 1 aromatic heterocycles. The van der Waals surface area contributed by atoms with Gasteiger partial charge in [0.25, 0.3) is 5.69 Å². The van der Waals surface area contributed by atoms with Crippen LogP contribution in [0.4, 0.5) is 10.8 Å². The predicted molar refractivity (Wildman–Crippen MR) is 138 cm³/mol. The Balaban J connectivity index is 1.50. The minimum atomic E-state index is -3.75. The van der Waals surface area contributed by atoms with Crippen molar-refractivity contribution in [1.82, 2.24) is 4.98 Å². The Morgan fingerprint density at radius 2 is 1.72 bits per heavy atom. The lowest BCUT2D eigenvalue weighted by Crippen LogP contribution is -2.39. The van der Waals surface area contributed by atoms with Crippen molar-refractivity contribution in [3.8, 4) is 28.5 Å². The molecule has 1 aliphatic rings. The Kier molecular flexibility index (Phi) is 7.57. The van der Waals surface area contributed by atoms with Crippen molar-refractivity contribution >= 4 is 43.6 Å². The Bertz CT molecular complexity index is 1360. The van der Waals surface area contributed by atoms with Gasteiger partial charge in [0.1, 0.15) is 5.02 Å². The lowest BCUT2D eigenvalue weighted by molar-refractivity contribution is -0.384. The number of nitro benzene ring substituents is 1. The van der Waals surface area contributed by atoms with Crippen molar-refractivity contribution in [2.45, 2.75) is 23.0 Å². The van der Waals surface area contributed by atoms with E-state index in [1.165, 1.54) is 23.5 Å². The van der Waals surface area contributed by atoms with Gasteiger partial charge >= 0.3 is 0 Å².